The van der Waals surface area contributed by atoms with E-state index < -0.39 is 0 Å². The molecule has 2 N–H and O–H groups in total. The molecule has 1 aliphatic carbocycles. The van der Waals surface area contributed by atoms with Crippen molar-refractivity contribution in [3.63, 3.8) is 0 Å². The Morgan fingerprint density at radius 2 is 1.78 bits per heavy atom. The number of rotatable bonds is 2. The van der Waals surface area contributed by atoms with Crippen molar-refractivity contribution in [3.05, 3.63) is 34.3 Å². The third kappa shape index (κ3) is 3.12. The van der Waals surface area contributed by atoms with E-state index in [0.29, 0.717) is 12.1 Å². The van der Waals surface area contributed by atoms with Gasteiger partial charge in [0, 0.05) is 29.2 Å². The fraction of sp³-hybridized carbons (Fsp3) is 0.500. The smallest absolute Gasteiger partial charge is 0.253 e. The first-order valence-electron chi connectivity index (χ1n) is 6.36. The van der Waals surface area contributed by atoms with E-state index in [-0.39, 0.29) is 5.91 Å². The van der Waals surface area contributed by atoms with Crippen LogP contribution < -0.4 is 5.73 Å². The van der Waals surface area contributed by atoms with Crippen LogP contribution in [-0.2, 0) is 0 Å². The molecule has 1 aliphatic rings. The lowest BCUT2D eigenvalue weighted by Gasteiger charge is -2.33. The van der Waals surface area contributed by atoms with Crippen LogP contribution in [0.3, 0.4) is 0 Å². The molecule has 0 aromatic heterocycles. The van der Waals surface area contributed by atoms with Crippen molar-refractivity contribution in [1.82, 2.24) is 4.90 Å². The third-order valence-corrected chi connectivity index (χ3v) is 4.23. The van der Waals surface area contributed by atoms with E-state index in [4.69, 9.17) is 5.73 Å². The van der Waals surface area contributed by atoms with Crippen LogP contribution in [0.5, 0.6) is 0 Å². The van der Waals surface area contributed by atoms with E-state index in [1.165, 1.54) is 0 Å². The number of carbonyl (C=O) groups is 1. The van der Waals surface area contributed by atoms with Crippen LogP contribution in [0.2, 0.25) is 0 Å². The second kappa shape index (κ2) is 5.85. The fourth-order valence-corrected chi connectivity index (χ4v) is 2.72. The molecule has 0 radical (unpaired) electrons. The molecule has 1 saturated carbocycles. The van der Waals surface area contributed by atoms with Gasteiger partial charge < -0.3 is 10.6 Å². The van der Waals surface area contributed by atoms with E-state index in [0.717, 1.165) is 35.7 Å². The van der Waals surface area contributed by atoms with Crippen LogP contribution in [0.4, 0.5) is 0 Å². The number of nitrogens with zero attached hydrogens (tertiary/aromatic N) is 1. The highest BCUT2D eigenvalue weighted by molar-refractivity contribution is 9.10. The van der Waals surface area contributed by atoms with Crippen LogP contribution >= 0.6 is 15.9 Å². The maximum Gasteiger partial charge on any atom is 0.253 e. The Hall–Kier alpha value is -0.870. The minimum atomic E-state index is 0.1000. The minimum Gasteiger partial charge on any atom is -0.339 e. The van der Waals surface area contributed by atoms with Gasteiger partial charge in [0.05, 0.1) is 0 Å². The molecule has 1 amide bonds. The van der Waals surface area contributed by atoms with E-state index in [2.05, 4.69) is 15.9 Å². The summed E-state index contributed by atoms with van der Waals surface area (Å²) >= 11 is 3.38. The van der Waals surface area contributed by atoms with Crippen LogP contribution in [0.1, 0.15) is 36.0 Å². The summed E-state index contributed by atoms with van der Waals surface area (Å²) in [6.45, 7) is 0. The Kier molecular flexibility index (Phi) is 4.40. The molecule has 3 nitrogen and oxygen atoms in total. The number of carbonyl (C=O) groups excluding carboxylic acids is 1. The quantitative estimate of drug-likeness (QED) is 0.913. The standard InChI is InChI=1S/C14H19BrN2O/c1-17(13-8-6-12(16)7-9-13)14(18)10-2-4-11(15)5-3-10/h2-5,12-13H,6-9,16H2,1H3. The Morgan fingerprint density at radius 3 is 2.33 bits per heavy atom. The van der Waals surface area contributed by atoms with Crippen molar-refractivity contribution < 1.29 is 4.79 Å². The predicted octanol–water partition coefficient (Wildman–Crippen LogP) is 2.79. The minimum absolute atomic E-state index is 0.1000. The summed E-state index contributed by atoms with van der Waals surface area (Å²) in [5.41, 5.74) is 6.64. The molecule has 1 aromatic carbocycles. The number of hydrogen-bond acceptors (Lipinski definition) is 2. The van der Waals surface area contributed by atoms with Crippen molar-refractivity contribution >= 4 is 21.8 Å². The zero-order valence-corrected chi connectivity index (χ0v) is 12.2. The van der Waals surface area contributed by atoms with Crippen molar-refractivity contribution in [1.29, 1.82) is 0 Å². The molecule has 0 bridgehead atoms. The summed E-state index contributed by atoms with van der Waals surface area (Å²) < 4.78 is 0.991. The highest BCUT2D eigenvalue weighted by Gasteiger charge is 2.25. The average Bonchev–Trinajstić information content (AvgIpc) is 2.39. The molecule has 18 heavy (non-hydrogen) atoms. The first-order valence-corrected chi connectivity index (χ1v) is 7.15. The number of nitrogens with two attached hydrogens (primary N) is 1. The maximum absolute atomic E-state index is 12.3. The third-order valence-electron chi connectivity index (χ3n) is 3.70. The Bertz CT molecular complexity index is 410. The monoisotopic (exact) mass is 310 g/mol. The second-order valence-electron chi connectivity index (χ2n) is 4.99. The van der Waals surface area contributed by atoms with Crippen LogP contribution in [0, 0.1) is 0 Å². The highest BCUT2D eigenvalue weighted by Crippen LogP contribution is 2.22. The van der Waals surface area contributed by atoms with Crippen LogP contribution in [0.15, 0.2) is 28.7 Å². The molecular formula is C14H19BrN2O. The van der Waals surface area contributed by atoms with Gasteiger partial charge in [0.1, 0.15) is 0 Å². The summed E-state index contributed by atoms with van der Waals surface area (Å²) in [5.74, 6) is 0.1000. The summed E-state index contributed by atoms with van der Waals surface area (Å²) in [6.07, 6.45) is 4.06. The zero-order chi connectivity index (χ0) is 13.1. The summed E-state index contributed by atoms with van der Waals surface area (Å²) in [4.78, 5) is 14.2. The molecule has 0 aliphatic heterocycles. The number of halogens is 1. The Labute approximate surface area is 116 Å². The molecule has 0 atom stereocenters. The SMILES string of the molecule is CN(C(=O)c1ccc(Br)cc1)C1CCC(N)CC1. The van der Waals surface area contributed by atoms with E-state index >= 15 is 0 Å². The van der Waals surface area contributed by atoms with Crippen molar-refractivity contribution in [3.8, 4) is 0 Å². The topological polar surface area (TPSA) is 46.3 Å². The first kappa shape index (κ1) is 13.6. The number of hydrogen-bond donors (Lipinski definition) is 1. The van der Waals surface area contributed by atoms with Gasteiger partial charge in [-0.05, 0) is 49.9 Å². The lowest BCUT2D eigenvalue weighted by atomic mass is 9.90. The van der Waals surface area contributed by atoms with Crippen molar-refractivity contribution in [2.75, 3.05) is 7.05 Å². The molecule has 1 aromatic rings. The summed E-state index contributed by atoms with van der Waals surface area (Å²) in [6, 6.07) is 8.17. The Balaban J connectivity index is 2.02. The van der Waals surface area contributed by atoms with Gasteiger partial charge in [-0.2, -0.15) is 0 Å². The number of amides is 1. The largest absolute Gasteiger partial charge is 0.339 e. The molecular weight excluding hydrogens is 292 g/mol. The molecule has 1 fully saturated rings. The maximum atomic E-state index is 12.3. The van der Waals surface area contributed by atoms with Crippen LogP contribution in [-0.4, -0.2) is 29.9 Å². The molecule has 4 heteroatoms. The molecule has 0 saturated heterocycles. The molecule has 98 valence electrons. The molecule has 0 heterocycles. The molecule has 2 rings (SSSR count). The second-order valence-corrected chi connectivity index (χ2v) is 5.91. The summed E-state index contributed by atoms with van der Waals surface area (Å²) in [7, 11) is 1.89. The van der Waals surface area contributed by atoms with Gasteiger partial charge in [-0.25, -0.2) is 0 Å². The van der Waals surface area contributed by atoms with Crippen molar-refractivity contribution in [2.24, 2.45) is 5.73 Å². The van der Waals surface area contributed by atoms with Gasteiger partial charge >= 0.3 is 0 Å². The van der Waals surface area contributed by atoms with Gasteiger partial charge in [-0.15, -0.1) is 0 Å². The van der Waals surface area contributed by atoms with Crippen LogP contribution in [0.25, 0.3) is 0 Å². The molecule has 0 spiro atoms. The van der Waals surface area contributed by atoms with Gasteiger partial charge in [-0.1, -0.05) is 15.9 Å². The van der Waals surface area contributed by atoms with E-state index in [1.54, 1.807) is 0 Å². The lowest BCUT2D eigenvalue weighted by molar-refractivity contribution is 0.0690. The van der Waals surface area contributed by atoms with Gasteiger partial charge in [0.25, 0.3) is 5.91 Å². The van der Waals surface area contributed by atoms with E-state index in [9.17, 15) is 4.79 Å². The highest BCUT2D eigenvalue weighted by atomic mass is 79.9. The van der Waals surface area contributed by atoms with Gasteiger partial charge in [0.15, 0.2) is 0 Å². The van der Waals surface area contributed by atoms with Gasteiger partial charge in [0.2, 0.25) is 0 Å². The lowest BCUT2D eigenvalue weighted by Crippen LogP contribution is -2.41. The van der Waals surface area contributed by atoms with Crippen molar-refractivity contribution in [2.45, 2.75) is 37.8 Å². The van der Waals surface area contributed by atoms with E-state index in [1.807, 2.05) is 36.2 Å². The fourth-order valence-electron chi connectivity index (χ4n) is 2.45. The summed E-state index contributed by atoms with van der Waals surface area (Å²) in [5, 5.41) is 0. The predicted molar refractivity (Wildman–Crippen MR) is 76.5 cm³/mol. The normalized spacial score (nSPS) is 23.7. The first-order chi connectivity index (χ1) is 8.58. The Morgan fingerprint density at radius 1 is 1.22 bits per heavy atom. The average molecular weight is 311 g/mol. The van der Waals surface area contributed by atoms with Gasteiger partial charge in [-0.3, -0.25) is 4.79 Å². The number of benzene rings is 1. The molecule has 0 unspecified atom stereocenters. The zero-order valence-electron chi connectivity index (χ0n) is 10.6.